The number of amides is 2. The molecule has 2 N–H and O–H groups in total. The lowest BCUT2D eigenvalue weighted by atomic mass is 10.1. The number of nitrogens with one attached hydrogen (secondary N) is 2. The van der Waals surface area contributed by atoms with E-state index >= 15 is 0 Å². The molecule has 0 saturated heterocycles. The van der Waals surface area contributed by atoms with Crippen molar-refractivity contribution in [3.63, 3.8) is 0 Å². The Morgan fingerprint density at radius 3 is 2.62 bits per heavy atom. The topological polar surface area (TPSA) is 97.1 Å². The van der Waals surface area contributed by atoms with Crippen LogP contribution in [-0.2, 0) is 11.3 Å². The molecule has 0 bridgehead atoms. The molecule has 0 saturated carbocycles. The van der Waals surface area contributed by atoms with Gasteiger partial charge in [0.05, 0.1) is 21.9 Å². The number of anilines is 1. The molecule has 0 unspecified atom stereocenters. The average molecular weight is 465 g/mol. The number of rotatable bonds is 8. The lowest BCUT2D eigenvalue weighted by Crippen LogP contribution is -2.25. The summed E-state index contributed by atoms with van der Waals surface area (Å²) in [5.41, 5.74) is 3.01. The fraction of sp³-hybridized carbons (Fsp3) is 0.130. The first kappa shape index (κ1) is 21.8. The van der Waals surface area contributed by atoms with Crippen molar-refractivity contribution in [2.45, 2.75) is 18.7 Å². The van der Waals surface area contributed by atoms with E-state index in [1.165, 1.54) is 11.3 Å². The molecule has 9 heteroatoms. The molecule has 2 aromatic heterocycles. The first-order chi connectivity index (χ1) is 15.6. The fourth-order valence-corrected chi connectivity index (χ4v) is 4.06. The van der Waals surface area contributed by atoms with Crippen LogP contribution in [0.5, 0.6) is 0 Å². The number of thiophene rings is 1. The molecule has 7 nitrogen and oxygen atoms in total. The fourth-order valence-electron chi connectivity index (χ4n) is 2.86. The first-order valence-electron chi connectivity index (χ1n) is 9.81. The second-order valence-corrected chi connectivity index (χ2v) is 8.78. The van der Waals surface area contributed by atoms with Gasteiger partial charge in [-0.05, 0) is 36.1 Å². The minimum Gasteiger partial charge on any atom is -0.410 e. The van der Waals surface area contributed by atoms with Crippen LogP contribution >= 0.6 is 23.1 Å². The van der Waals surface area contributed by atoms with Crippen molar-refractivity contribution in [3.05, 3.63) is 82.7 Å². The third kappa shape index (κ3) is 5.63. The Kier molecular flexibility index (Phi) is 6.98. The zero-order chi connectivity index (χ0) is 22.3. The van der Waals surface area contributed by atoms with Crippen LogP contribution in [0.4, 0.5) is 5.69 Å². The molecule has 0 spiro atoms. The van der Waals surface area contributed by atoms with Crippen LogP contribution in [0.15, 0.2) is 75.7 Å². The Bertz CT molecular complexity index is 1200. The Labute approximate surface area is 193 Å². The molecular formula is C23H20N4O3S2. The number of aromatic nitrogens is 2. The largest absolute Gasteiger partial charge is 0.410 e. The van der Waals surface area contributed by atoms with Gasteiger partial charge < -0.3 is 15.1 Å². The number of nitrogens with zero attached hydrogens (tertiary/aromatic N) is 2. The van der Waals surface area contributed by atoms with E-state index in [1.807, 2.05) is 48.7 Å². The van der Waals surface area contributed by atoms with E-state index in [2.05, 4.69) is 20.8 Å². The van der Waals surface area contributed by atoms with Gasteiger partial charge in [0.15, 0.2) is 0 Å². The molecule has 2 amide bonds. The second-order valence-electron chi connectivity index (χ2n) is 6.90. The average Bonchev–Trinajstić information content (AvgIpc) is 3.49. The van der Waals surface area contributed by atoms with E-state index < -0.39 is 0 Å². The summed E-state index contributed by atoms with van der Waals surface area (Å²) in [6.07, 6.45) is 0. The van der Waals surface area contributed by atoms with Gasteiger partial charge in [0.1, 0.15) is 0 Å². The standard InChI is InChI=1S/C23H20N4O3S2/c1-15-8-10-16(11-9-15)13-24-21(29)17-5-2-3-6-18(17)25-20(28)14-32-23-27-26-22(30-23)19-7-4-12-31-19/h2-12H,13-14H2,1H3,(H,24,29)(H,25,28). The molecule has 0 aliphatic rings. The molecule has 2 aromatic carbocycles. The highest BCUT2D eigenvalue weighted by molar-refractivity contribution is 7.99. The first-order valence-corrected chi connectivity index (χ1v) is 11.7. The van der Waals surface area contributed by atoms with Crippen molar-refractivity contribution >= 4 is 40.6 Å². The maximum absolute atomic E-state index is 12.7. The predicted molar refractivity (Wildman–Crippen MR) is 126 cm³/mol. The van der Waals surface area contributed by atoms with Crippen molar-refractivity contribution in [1.82, 2.24) is 15.5 Å². The van der Waals surface area contributed by atoms with E-state index in [0.717, 1.165) is 27.8 Å². The number of para-hydroxylation sites is 1. The van der Waals surface area contributed by atoms with Crippen LogP contribution in [0, 0.1) is 6.92 Å². The van der Waals surface area contributed by atoms with Crippen molar-refractivity contribution in [2.24, 2.45) is 0 Å². The molecule has 162 valence electrons. The Hall–Kier alpha value is -3.43. The molecule has 32 heavy (non-hydrogen) atoms. The quantitative estimate of drug-likeness (QED) is 0.365. The van der Waals surface area contributed by atoms with E-state index in [9.17, 15) is 9.59 Å². The molecule has 0 aliphatic carbocycles. The third-order valence-corrected chi connectivity index (χ3v) is 6.16. The summed E-state index contributed by atoms with van der Waals surface area (Å²) in [5, 5.41) is 15.9. The van der Waals surface area contributed by atoms with E-state index in [1.54, 1.807) is 24.3 Å². The summed E-state index contributed by atoms with van der Waals surface area (Å²) >= 11 is 2.64. The summed E-state index contributed by atoms with van der Waals surface area (Å²) in [5.74, 6) is -0.0273. The van der Waals surface area contributed by atoms with Gasteiger partial charge >= 0.3 is 0 Å². The SMILES string of the molecule is Cc1ccc(CNC(=O)c2ccccc2NC(=O)CSc2nnc(-c3cccs3)o2)cc1. The molecule has 4 aromatic rings. The molecule has 0 aliphatic heterocycles. The normalized spacial score (nSPS) is 10.7. The number of benzene rings is 2. The summed E-state index contributed by atoms with van der Waals surface area (Å²) in [6.45, 7) is 2.42. The monoisotopic (exact) mass is 464 g/mol. The number of carbonyl (C=O) groups is 2. The lowest BCUT2D eigenvalue weighted by molar-refractivity contribution is -0.113. The molecule has 0 fully saturated rings. The second kappa shape index (κ2) is 10.3. The van der Waals surface area contributed by atoms with Crippen LogP contribution in [-0.4, -0.2) is 27.8 Å². The van der Waals surface area contributed by atoms with Crippen molar-refractivity contribution in [1.29, 1.82) is 0 Å². The molecule has 0 atom stereocenters. The number of aryl methyl sites for hydroxylation is 1. The smallest absolute Gasteiger partial charge is 0.277 e. The Balaban J connectivity index is 1.33. The molecular weight excluding hydrogens is 444 g/mol. The van der Waals surface area contributed by atoms with Crippen LogP contribution < -0.4 is 10.6 Å². The van der Waals surface area contributed by atoms with Crippen molar-refractivity contribution < 1.29 is 14.0 Å². The van der Waals surface area contributed by atoms with Gasteiger partial charge in [-0.1, -0.05) is 59.8 Å². The predicted octanol–water partition coefficient (Wildman–Crippen LogP) is 4.77. The summed E-state index contributed by atoms with van der Waals surface area (Å²) in [7, 11) is 0. The molecule has 0 radical (unpaired) electrons. The zero-order valence-corrected chi connectivity index (χ0v) is 18.8. The number of carbonyl (C=O) groups excluding carboxylic acids is 2. The maximum Gasteiger partial charge on any atom is 0.277 e. The number of hydrogen-bond donors (Lipinski definition) is 2. The molecule has 4 rings (SSSR count). The van der Waals surface area contributed by atoms with Crippen molar-refractivity contribution in [2.75, 3.05) is 11.1 Å². The van der Waals surface area contributed by atoms with Crippen LogP contribution in [0.2, 0.25) is 0 Å². The maximum atomic E-state index is 12.7. The van der Waals surface area contributed by atoms with Gasteiger partial charge in [0, 0.05) is 6.54 Å². The Morgan fingerprint density at radius 2 is 1.84 bits per heavy atom. The van der Waals surface area contributed by atoms with Gasteiger partial charge in [-0.25, -0.2) is 0 Å². The van der Waals surface area contributed by atoms with Gasteiger partial charge in [-0.2, -0.15) is 0 Å². The Morgan fingerprint density at radius 1 is 1.03 bits per heavy atom. The highest BCUT2D eigenvalue weighted by Crippen LogP contribution is 2.26. The zero-order valence-electron chi connectivity index (χ0n) is 17.2. The van der Waals surface area contributed by atoms with Crippen molar-refractivity contribution in [3.8, 4) is 10.8 Å². The van der Waals surface area contributed by atoms with Crippen LogP contribution in [0.25, 0.3) is 10.8 Å². The lowest BCUT2D eigenvalue weighted by Gasteiger charge is -2.11. The van der Waals surface area contributed by atoms with Gasteiger partial charge in [0.2, 0.25) is 5.91 Å². The van der Waals surface area contributed by atoms with Gasteiger partial charge in [0.25, 0.3) is 17.0 Å². The van der Waals surface area contributed by atoms with E-state index in [0.29, 0.717) is 28.9 Å². The number of thioether (sulfide) groups is 1. The summed E-state index contributed by atoms with van der Waals surface area (Å²) in [4.78, 5) is 26.0. The summed E-state index contributed by atoms with van der Waals surface area (Å²) in [6, 6.07) is 18.6. The van der Waals surface area contributed by atoms with E-state index in [-0.39, 0.29) is 17.6 Å². The highest BCUT2D eigenvalue weighted by atomic mass is 32.2. The van der Waals surface area contributed by atoms with Crippen LogP contribution in [0.1, 0.15) is 21.5 Å². The van der Waals surface area contributed by atoms with Gasteiger partial charge in [-0.15, -0.1) is 21.5 Å². The van der Waals surface area contributed by atoms with Crippen LogP contribution in [0.3, 0.4) is 0 Å². The number of hydrogen-bond acceptors (Lipinski definition) is 7. The minimum atomic E-state index is -0.273. The minimum absolute atomic E-state index is 0.0748. The van der Waals surface area contributed by atoms with Gasteiger partial charge in [-0.3, -0.25) is 9.59 Å². The third-order valence-electron chi connectivity index (χ3n) is 4.48. The highest BCUT2D eigenvalue weighted by Gasteiger charge is 2.15. The molecule has 2 heterocycles. The van der Waals surface area contributed by atoms with E-state index in [4.69, 9.17) is 4.42 Å². The summed E-state index contributed by atoms with van der Waals surface area (Å²) < 4.78 is 5.58.